The highest BCUT2D eigenvalue weighted by Gasteiger charge is 2.21. The highest BCUT2D eigenvalue weighted by molar-refractivity contribution is 6.05. The van der Waals surface area contributed by atoms with E-state index in [2.05, 4.69) is 18.8 Å². The lowest BCUT2D eigenvalue weighted by Gasteiger charge is -2.09. The summed E-state index contributed by atoms with van der Waals surface area (Å²) in [6.07, 6.45) is 2.46. The molecule has 0 amide bonds. The molecule has 5 rings (SSSR count). The Morgan fingerprint density at radius 1 is 1.00 bits per heavy atom. The zero-order valence-corrected chi connectivity index (χ0v) is 19.4. The number of carbonyl (C=O) groups excluding carboxylic acids is 1. The number of hydrogen-bond donors (Lipinski definition) is 0. The van der Waals surface area contributed by atoms with Crippen LogP contribution < -0.4 is 5.56 Å². The zero-order valence-electron chi connectivity index (χ0n) is 19.4. The molecule has 0 unspecified atom stereocenters. The molecule has 8 nitrogen and oxygen atoms in total. The SMILES string of the molecule is CCOC(=O)c1ccc(-n2c3nc4ccccc4nc3c3c(=O)n(CCC(C)C)cnc32)cc1. The topological polar surface area (TPSA) is 91.9 Å². The predicted octanol–water partition coefficient (Wildman–Crippen LogP) is 4.51. The van der Waals surface area contributed by atoms with Crippen molar-refractivity contribution >= 4 is 39.2 Å². The van der Waals surface area contributed by atoms with Gasteiger partial charge in [0.2, 0.25) is 0 Å². The van der Waals surface area contributed by atoms with E-state index in [9.17, 15) is 9.59 Å². The lowest BCUT2D eigenvalue weighted by molar-refractivity contribution is 0.0526. The summed E-state index contributed by atoms with van der Waals surface area (Å²) in [5, 5.41) is 0.439. The molecule has 0 aliphatic carbocycles. The third-order valence-corrected chi connectivity index (χ3v) is 5.81. The van der Waals surface area contributed by atoms with Crippen molar-refractivity contribution in [1.29, 1.82) is 0 Å². The normalized spacial score (nSPS) is 11.6. The maximum atomic E-state index is 13.5. The third-order valence-electron chi connectivity index (χ3n) is 5.81. The minimum Gasteiger partial charge on any atom is -0.462 e. The molecule has 3 aromatic heterocycles. The summed E-state index contributed by atoms with van der Waals surface area (Å²) >= 11 is 0. The van der Waals surface area contributed by atoms with Gasteiger partial charge in [0.1, 0.15) is 10.9 Å². The molecule has 2 aromatic carbocycles. The molecule has 0 saturated carbocycles. The van der Waals surface area contributed by atoms with Crippen LogP contribution in [0.3, 0.4) is 0 Å². The van der Waals surface area contributed by atoms with Gasteiger partial charge in [0, 0.05) is 12.2 Å². The number of hydrogen-bond acceptors (Lipinski definition) is 6. The molecule has 0 aliphatic rings. The molecule has 0 spiro atoms. The lowest BCUT2D eigenvalue weighted by Crippen LogP contribution is -2.21. The molecule has 0 atom stereocenters. The van der Waals surface area contributed by atoms with Crippen LogP contribution in [0.2, 0.25) is 0 Å². The van der Waals surface area contributed by atoms with Gasteiger partial charge in [0.05, 0.1) is 29.5 Å². The first-order valence-corrected chi connectivity index (χ1v) is 11.4. The molecular weight excluding hydrogens is 430 g/mol. The van der Waals surface area contributed by atoms with Gasteiger partial charge in [0.25, 0.3) is 5.56 Å². The first kappa shape index (κ1) is 21.8. The molecule has 5 aromatic rings. The van der Waals surface area contributed by atoms with Gasteiger partial charge in [-0.1, -0.05) is 26.0 Å². The standard InChI is InChI=1S/C26H25N5O3/c1-4-34-26(33)17-9-11-18(12-10-17)31-23-21(25(32)30(15-27-23)14-13-16(2)3)22-24(31)29-20-8-6-5-7-19(20)28-22/h5-12,15-16H,4,13-14H2,1-3H3. The Kier molecular flexibility index (Phi) is 5.57. The van der Waals surface area contributed by atoms with E-state index in [0.29, 0.717) is 52.3 Å². The monoisotopic (exact) mass is 455 g/mol. The van der Waals surface area contributed by atoms with E-state index in [0.717, 1.165) is 17.6 Å². The average molecular weight is 456 g/mol. The molecule has 3 heterocycles. The molecule has 0 radical (unpaired) electrons. The Morgan fingerprint density at radius 3 is 2.38 bits per heavy atom. The molecular formula is C26H25N5O3. The number of para-hydroxylation sites is 2. The van der Waals surface area contributed by atoms with Crippen molar-refractivity contribution in [3.05, 3.63) is 70.8 Å². The van der Waals surface area contributed by atoms with Crippen molar-refractivity contribution in [1.82, 2.24) is 24.1 Å². The maximum absolute atomic E-state index is 13.5. The Bertz CT molecular complexity index is 1580. The van der Waals surface area contributed by atoms with Crippen molar-refractivity contribution in [2.75, 3.05) is 6.61 Å². The van der Waals surface area contributed by atoms with E-state index in [1.807, 2.05) is 28.8 Å². The highest BCUT2D eigenvalue weighted by atomic mass is 16.5. The molecule has 0 fully saturated rings. The zero-order chi connectivity index (χ0) is 23.8. The van der Waals surface area contributed by atoms with Crippen LogP contribution >= 0.6 is 0 Å². The van der Waals surface area contributed by atoms with E-state index in [-0.39, 0.29) is 11.5 Å². The van der Waals surface area contributed by atoms with Crippen LogP contribution in [-0.2, 0) is 11.3 Å². The van der Waals surface area contributed by atoms with E-state index in [1.165, 1.54) is 0 Å². The van der Waals surface area contributed by atoms with Gasteiger partial charge in [0.15, 0.2) is 11.3 Å². The van der Waals surface area contributed by atoms with Crippen LogP contribution in [0, 0.1) is 5.92 Å². The first-order chi connectivity index (χ1) is 16.5. The summed E-state index contributed by atoms with van der Waals surface area (Å²) in [6.45, 7) is 6.92. The van der Waals surface area contributed by atoms with Crippen LogP contribution in [0.1, 0.15) is 37.6 Å². The number of nitrogens with zero attached hydrogens (tertiary/aromatic N) is 5. The summed E-state index contributed by atoms with van der Waals surface area (Å²) in [6, 6.07) is 14.6. The van der Waals surface area contributed by atoms with Crippen LogP contribution in [0.4, 0.5) is 0 Å². The minimum atomic E-state index is -0.381. The summed E-state index contributed by atoms with van der Waals surface area (Å²) in [5.74, 6) is 0.0822. The molecule has 8 heteroatoms. The molecule has 172 valence electrons. The number of benzene rings is 2. The van der Waals surface area contributed by atoms with Crippen LogP contribution in [0.5, 0.6) is 0 Å². The number of carbonyl (C=O) groups is 1. The smallest absolute Gasteiger partial charge is 0.338 e. The fraction of sp³-hybridized carbons (Fsp3) is 0.269. The van der Waals surface area contributed by atoms with Gasteiger partial charge in [-0.3, -0.25) is 13.9 Å². The predicted molar refractivity (Wildman–Crippen MR) is 131 cm³/mol. The third kappa shape index (κ3) is 3.71. The lowest BCUT2D eigenvalue weighted by atomic mass is 10.1. The van der Waals surface area contributed by atoms with Gasteiger partial charge in [-0.2, -0.15) is 0 Å². The summed E-state index contributed by atoms with van der Waals surface area (Å²) in [4.78, 5) is 39.9. The van der Waals surface area contributed by atoms with Gasteiger partial charge in [-0.25, -0.2) is 19.7 Å². The fourth-order valence-corrected chi connectivity index (χ4v) is 4.03. The van der Waals surface area contributed by atoms with Gasteiger partial charge in [-0.05, 0) is 55.7 Å². The van der Waals surface area contributed by atoms with Gasteiger partial charge in [-0.15, -0.1) is 0 Å². The number of aryl methyl sites for hydroxylation is 1. The van der Waals surface area contributed by atoms with Crippen LogP contribution in [0.25, 0.3) is 38.9 Å². The van der Waals surface area contributed by atoms with Gasteiger partial charge >= 0.3 is 5.97 Å². The number of rotatable bonds is 6. The van der Waals surface area contributed by atoms with Gasteiger partial charge < -0.3 is 4.74 Å². The average Bonchev–Trinajstić information content (AvgIpc) is 3.16. The Labute approximate surface area is 195 Å². The number of ether oxygens (including phenoxy) is 1. The quantitative estimate of drug-likeness (QED) is 0.350. The molecule has 0 aliphatic heterocycles. The molecule has 0 saturated heterocycles. The van der Waals surface area contributed by atoms with E-state index < -0.39 is 0 Å². The molecule has 34 heavy (non-hydrogen) atoms. The first-order valence-electron chi connectivity index (χ1n) is 11.4. The second-order valence-corrected chi connectivity index (χ2v) is 8.61. The van der Waals surface area contributed by atoms with Crippen LogP contribution in [-0.4, -0.2) is 36.7 Å². The Morgan fingerprint density at radius 2 is 1.71 bits per heavy atom. The summed E-state index contributed by atoms with van der Waals surface area (Å²) in [7, 11) is 0. The second kappa shape index (κ2) is 8.70. The summed E-state index contributed by atoms with van der Waals surface area (Å²) < 4.78 is 8.56. The van der Waals surface area contributed by atoms with E-state index >= 15 is 0 Å². The summed E-state index contributed by atoms with van der Waals surface area (Å²) in [5.41, 5.74) is 4.02. The van der Waals surface area contributed by atoms with Crippen molar-refractivity contribution < 1.29 is 9.53 Å². The minimum absolute atomic E-state index is 0.137. The Balaban J connectivity index is 1.77. The van der Waals surface area contributed by atoms with E-state index in [1.54, 1.807) is 42.1 Å². The van der Waals surface area contributed by atoms with E-state index in [4.69, 9.17) is 14.7 Å². The number of fused-ring (bicyclic) bond motifs is 4. The van der Waals surface area contributed by atoms with Crippen molar-refractivity contribution in [2.24, 2.45) is 5.92 Å². The largest absolute Gasteiger partial charge is 0.462 e. The highest BCUT2D eigenvalue weighted by Crippen LogP contribution is 2.28. The second-order valence-electron chi connectivity index (χ2n) is 8.61. The van der Waals surface area contributed by atoms with Crippen molar-refractivity contribution in [2.45, 2.75) is 33.7 Å². The van der Waals surface area contributed by atoms with Crippen molar-refractivity contribution in [3.8, 4) is 5.69 Å². The van der Waals surface area contributed by atoms with Crippen LogP contribution in [0.15, 0.2) is 59.7 Å². The molecule has 0 N–H and O–H groups in total. The maximum Gasteiger partial charge on any atom is 0.338 e. The van der Waals surface area contributed by atoms with Crippen molar-refractivity contribution in [3.63, 3.8) is 0 Å². The Hall–Kier alpha value is -4.07. The molecule has 0 bridgehead atoms. The number of aromatic nitrogens is 5. The number of esters is 1. The fourth-order valence-electron chi connectivity index (χ4n) is 4.03.